The van der Waals surface area contributed by atoms with Crippen LogP contribution in [0.5, 0.6) is 11.5 Å². The van der Waals surface area contributed by atoms with Crippen molar-refractivity contribution in [2.24, 2.45) is 0 Å². The minimum atomic E-state index is -0.975. The van der Waals surface area contributed by atoms with Gasteiger partial charge in [-0.2, -0.15) is 0 Å². The minimum absolute atomic E-state index is 0.0299. The fraction of sp³-hybridized carbons (Fsp3) is 0.300. The Hall–Kier alpha value is -3.02. The number of aromatic carboxylic acids is 1. The average molecular weight is 357 g/mol. The second kappa shape index (κ2) is 10.1. The Bertz CT molecular complexity index is 727. The molecule has 0 spiro atoms. The fourth-order valence-electron chi connectivity index (χ4n) is 2.25. The standard InChI is InChI=1S/C20H23NO5/c1-2-3-8-19(22)21-17-6-4-5-7-18(17)26-14-13-25-16-11-9-15(10-12-16)20(23)24/h4-7,9-12H,2-3,8,13-14H2,1H3,(H,21,22)(H,23,24). The molecule has 6 nitrogen and oxygen atoms in total. The highest BCUT2D eigenvalue weighted by molar-refractivity contribution is 5.92. The molecule has 0 aliphatic heterocycles. The lowest BCUT2D eigenvalue weighted by Crippen LogP contribution is -2.14. The van der Waals surface area contributed by atoms with E-state index in [1.165, 1.54) is 12.1 Å². The number of carbonyl (C=O) groups is 2. The number of para-hydroxylation sites is 2. The smallest absolute Gasteiger partial charge is 0.335 e. The number of rotatable bonds is 10. The van der Waals surface area contributed by atoms with Crippen molar-refractivity contribution >= 4 is 17.6 Å². The van der Waals surface area contributed by atoms with Crippen molar-refractivity contribution in [1.82, 2.24) is 0 Å². The van der Waals surface area contributed by atoms with Crippen LogP contribution in [0.4, 0.5) is 5.69 Å². The molecule has 0 aliphatic carbocycles. The lowest BCUT2D eigenvalue weighted by atomic mass is 10.2. The highest BCUT2D eigenvalue weighted by Gasteiger charge is 2.07. The van der Waals surface area contributed by atoms with Gasteiger partial charge in [0.25, 0.3) is 0 Å². The molecule has 138 valence electrons. The molecule has 26 heavy (non-hydrogen) atoms. The van der Waals surface area contributed by atoms with Crippen LogP contribution in [-0.2, 0) is 4.79 Å². The maximum Gasteiger partial charge on any atom is 0.335 e. The Morgan fingerprint density at radius 3 is 2.38 bits per heavy atom. The zero-order valence-corrected chi connectivity index (χ0v) is 14.7. The summed E-state index contributed by atoms with van der Waals surface area (Å²) < 4.78 is 11.2. The number of anilines is 1. The van der Waals surface area contributed by atoms with Gasteiger partial charge < -0.3 is 19.9 Å². The summed E-state index contributed by atoms with van der Waals surface area (Å²) >= 11 is 0. The van der Waals surface area contributed by atoms with Crippen molar-refractivity contribution in [3.63, 3.8) is 0 Å². The number of hydrogen-bond donors (Lipinski definition) is 2. The molecule has 2 rings (SSSR count). The molecule has 0 aliphatic rings. The van der Waals surface area contributed by atoms with Gasteiger partial charge in [0, 0.05) is 6.42 Å². The monoisotopic (exact) mass is 357 g/mol. The summed E-state index contributed by atoms with van der Waals surface area (Å²) in [5.74, 6) is 0.150. The molecule has 2 N–H and O–H groups in total. The van der Waals surface area contributed by atoms with Crippen molar-refractivity contribution in [1.29, 1.82) is 0 Å². The van der Waals surface area contributed by atoms with E-state index in [0.29, 0.717) is 36.8 Å². The summed E-state index contributed by atoms with van der Waals surface area (Å²) in [5.41, 5.74) is 0.848. The Labute approximate surface area is 152 Å². The molecular formula is C20H23NO5. The third-order valence-electron chi connectivity index (χ3n) is 3.63. The summed E-state index contributed by atoms with van der Waals surface area (Å²) in [4.78, 5) is 22.7. The van der Waals surface area contributed by atoms with Crippen molar-refractivity contribution in [2.45, 2.75) is 26.2 Å². The minimum Gasteiger partial charge on any atom is -0.490 e. The molecule has 2 aromatic rings. The third-order valence-corrected chi connectivity index (χ3v) is 3.63. The van der Waals surface area contributed by atoms with E-state index in [0.717, 1.165) is 12.8 Å². The first-order chi connectivity index (χ1) is 12.6. The van der Waals surface area contributed by atoms with E-state index in [1.54, 1.807) is 24.3 Å². The summed E-state index contributed by atoms with van der Waals surface area (Å²) in [7, 11) is 0. The van der Waals surface area contributed by atoms with E-state index in [1.807, 2.05) is 19.1 Å². The number of nitrogens with one attached hydrogen (secondary N) is 1. The maximum atomic E-state index is 11.9. The summed E-state index contributed by atoms with van der Waals surface area (Å²) in [6.07, 6.45) is 2.31. The number of carbonyl (C=O) groups excluding carboxylic acids is 1. The number of amides is 1. The van der Waals surface area contributed by atoms with Gasteiger partial charge in [0.15, 0.2) is 0 Å². The van der Waals surface area contributed by atoms with E-state index in [-0.39, 0.29) is 11.5 Å². The van der Waals surface area contributed by atoms with Gasteiger partial charge in [-0.3, -0.25) is 4.79 Å². The van der Waals surface area contributed by atoms with E-state index >= 15 is 0 Å². The summed E-state index contributed by atoms with van der Waals surface area (Å²) in [6.45, 7) is 2.63. The molecule has 0 saturated carbocycles. The van der Waals surface area contributed by atoms with Gasteiger partial charge in [0.2, 0.25) is 5.91 Å². The molecular weight excluding hydrogens is 334 g/mol. The second-order valence-electron chi connectivity index (χ2n) is 5.67. The molecule has 0 atom stereocenters. The van der Waals surface area contributed by atoms with Gasteiger partial charge in [-0.25, -0.2) is 4.79 Å². The normalized spacial score (nSPS) is 10.2. The zero-order valence-electron chi connectivity index (χ0n) is 14.7. The lowest BCUT2D eigenvalue weighted by Gasteiger charge is -2.13. The zero-order chi connectivity index (χ0) is 18.8. The highest BCUT2D eigenvalue weighted by Crippen LogP contribution is 2.24. The Kier molecular flexibility index (Phi) is 7.49. The predicted molar refractivity (Wildman–Crippen MR) is 99.0 cm³/mol. The molecule has 0 fully saturated rings. The number of carboxylic acids is 1. The predicted octanol–water partition coefficient (Wildman–Crippen LogP) is 3.97. The first kappa shape index (κ1) is 19.3. The largest absolute Gasteiger partial charge is 0.490 e. The number of hydrogen-bond acceptors (Lipinski definition) is 4. The van der Waals surface area contributed by atoms with Gasteiger partial charge in [0.05, 0.1) is 11.3 Å². The molecule has 1 amide bonds. The molecule has 0 radical (unpaired) electrons. The quantitative estimate of drug-likeness (QED) is 0.629. The van der Waals surface area contributed by atoms with Crippen LogP contribution in [0.25, 0.3) is 0 Å². The van der Waals surface area contributed by atoms with Crippen LogP contribution < -0.4 is 14.8 Å². The number of benzene rings is 2. The Balaban J connectivity index is 1.82. The van der Waals surface area contributed by atoms with Crippen molar-refractivity contribution < 1.29 is 24.2 Å². The van der Waals surface area contributed by atoms with Crippen LogP contribution in [-0.4, -0.2) is 30.2 Å². The first-order valence-corrected chi connectivity index (χ1v) is 8.58. The topological polar surface area (TPSA) is 84.9 Å². The van der Waals surface area contributed by atoms with E-state index in [4.69, 9.17) is 14.6 Å². The van der Waals surface area contributed by atoms with Crippen molar-refractivity contribution in [3.05, 3.63) is 54.1 Å². The van der Waals surface area contributed by atoms with Crippen LogP contribution in [0.3, 0.4) is 0 Å². The number of unbranched alkanes of at least 4 members (excludes halogenated alkanes) is 1. The SMILES string of the molecule is CCCCC(=O)Nc1ccccc1OCCOc1ccc(C(=O)O)cc1. The third kappa shape index (κ3) is 6.12. The van der Waals surface area contributed by atoms with E-state index < -0.39 is 5.97 Å². The van der Waals surface area contributed by atoms with Crippen molar-refractivity contribution in [2.75, 3.05) is 18.5 Å². The number of ether oxygens (including phenoxy) is 2. The van der Waals surface area contributed by atoms with Crippen LogP contribution in [0.15, 0.2) is 48.5 Å². The first-order valence-electron chi connectivity index (χ1n) is 8.58. The molecule has 6 heteroatoms. The number of carboxylic acid groups (broad SMARTS) is 1. The molecule has 2 aromatic carbocycles. The van der Waals surface area contributed by atoms with Gasteiger partial charge >= 0.3 is 5.97 Å². The summed E-state index contributed by atoms with van der Waals surface area (Å²) in [6, 6.07) is 13.4. The highest BCUT2D eigenvalue weighted by atomic mass is 16.5. The van der Waals surface area contributed by atoms with Gasteiger partial charge in [-0.15, -0.1) is 0 Å². The molecule has 0 bridgehead atoms. The molecule has 0 aromatic heterocycles. The maximum absolute atomic E-state index is 11.9. The van der Waals surface area contributed by atoms with Gasteiger partial charge in [0.1, 0.15) is 24.7 Å². The van der Waals surface area contributed by atoms with Crippen LogP contribution >= 0.6 is 0 Å². The van der Waals surface area contributed by atoms with E-state index in [9.17, 15) is 9.59 Å². The van der Waals surface area contributed by atoms with Gasteiger partial charge in [-0.1, -0.05) is 25.5 Å². The van der Waals surface area contributed by atoms with Crippen LogP contribution in [0.1, 0.15) is 36.5 Å². The lowest BCUT2D eigenvalue weighted by molar-refractivity contribution is -0.116. The van der Waals surface area contributed by atoms with Crippen molar-refractivity contribution in [3.8, 4) is 11.5 Å². The average Bonchev–Trinajstić information content (AvgIpc) is 2.65. The van der Waals surface area contributed by atoms with Gasteiger partial charge in [-0.05, 0) is 42.8 Å². The molecule has 0 unspecified atom stereocenters. The fourth-order valence-corrected chi connectivity index (χ4v) is 2.25. The van der Waals surface area contributed by atoms with E-state index in [2.05, 4.69) is 5.32 Å². The summed E-state index contributed by atoms with van der Waals surface area (Å²) in [5, 5.41) is 11.7. The van der Waals surface area contributed by atoms with Crippen LogP contribution in [0.2, 0.25) is 0 Å². The molecule has 0 saturated heterocycles. The molecule has 0 heterocycles. The Morgan fingerprint density at radius 2 is 1.69 bits per heavy atom. The second-order valence-corrected chi connectivity index (χ2v) is 5.67. The Morgan fingerprint density at radius 1 is 1.00 bits per heavy atom. The van der Waals surface area contributed by atoms with Crippen LogP contribution in [0, 0.1) is 0 Å².